The second kappa shape index (κ2) is 6.06. The van der Waals surface area contributed by atoms with Crippen molar-refractivity contribution < 1.29 is 8.42 Å². The van der Waals surface area contributed by atoms with Gasteiger partial charge in [0.2, 0.25) is 10.0 Å². The van der Waals surface area contributed by atoms with Crippen LogP contribution in [0.15, 0.2) is 4.90 Å². The summed E-state index contributed by atoms with van der Waals surface area (Å²) in [6.45, 7) is 8.15. The Morgan fingerprint density at radius 2 is 1.95 bits per heavy atom. The summed E-state index contributed by atoms with van der Waals surface area (Å²) in [5.74, 6) is 0. The average molecular weight is 314 g/mol. The van der Waals surface area contributed by atoms with E-state index in [0.29, 0.717) is 28.9 Å². The van der Waals surface area contributed by atoms with E-state index < -0.39 is 15.6 Å². The largest absolute Gasteiger partial charge is 0.308 e. The summed E-state index contributed by atoms with van der Waals surface area (Å²) in [5, 5.41) is 10.3. The zero-order valence-electron chi connectivity index (χ0n) is 13.3. The maximum Gasteiger partial charge on any atom is 0.244 e. The van der Waals surface area contributed by atoms with E-state index in [2.05, 4.69) is 20.2 Å². The quantitative estimate of drug-likeness (QED) is 0.683. The van der Waals surface area contributed by atoms with Crippen LogP contribution >= 0.6 is 0 Å². The molecule has 0 unspecified atom stereocenters. The van der Waals surface area contributed by atoms with Gasteiger partial charge in [0.05, 0.1) is 11.4 Å². The first-order valence-electron chi connectivity index (χ1n) is 7.62. The molecule has 0 aliphatic heterocycles. The third kappa shape index (κ3) is 3.84. The van der Waals surface area contributed by atoms with Gasteiger partial charge in [-0.1, -0.05) is 13.8 Å². The highest BCUT2D eigenvalue weighted by Crippen LogP contribution is 2.24. The average Bonchev–Trinajstić information content (AvgIpc) is 3.18. The first kappa shape index (κ1) is 16.5. The topological polar surface area (TPSA) is 86.9 Å². The van der Waals surface area contributed by atoms with Gasteiger partial charge in [0.15, 0.2) is 0 Å². The van der Waals surface area contributed by atoms with Crippen LogP contribution < -0.4 is 10.0 Å². The molecule has 7 heteroatoms. The monoisotopic (exact) mass is 314 g/mol. The molecule has 3 N–H and O–H groups in total. The van der Waals surface area contributed by atoms with Crippen LogP contribution in [0.4, 0.5) is 0 Å². The van der Waals surface area contributed by atoms with Crippen molar-refractivity contribution in [1.82, 2.24) is 20.2 Å². The van der Waals surface area contributed by atoms with E-state index >= 15 is 0 Å². The van der Waals surface area contributed by atoms with Gasteiger partial charge in [-0.3, -0.25) is 5.10 Å². The van der Waals surface area contributed by atoms with Crippen molar-refractivity contribution in [2.75, 3.05) is 0 Å². The van der Waals surface area contributed by atoms with Crippen LogP contribution in [0.25, 0.3) is 0 Å². The summed E-state index contributed by atoms with van der Waals surface area (Å²) in [5.41, 5.74) is 0.732. The number of rotatable bonds is 8. The SMILES string of the molecule is CCC(C)(CC)NS(=O)(=O)c1c(CNC2CC2)n[nH]c1C. The summed E-state index contributed by atoms with van der Waals surface area (Å²) in [7, 11) is -3.57. The number of nitrogens with one attached hydrogen (secondary N) is 3. The number of sulfonamides is 1. The van der Waals surface area contributed by atoms with Gasteiger partial charge < -0.3 is 5.32 Å². The Hall–Kier alpha value is -0.920. The number of H-pyrrole nitrogens is 1. The van der Waals surface area contributed by atoms with Crippen molar-refractivity contribution in [3.63, 3.8) is 0 Å². The van der Waals surface area contributed by atoms with Gasteiger partial charge in [-0.2, -0.15) is 5.10 Å². The minimum absolute atomic E-state index is 0.295. The van der Waals surface area contributed by atoms with Crippen LogP contribution in [0.1, 0.15) is 57.8 Å². The summed E-state index contributed by atoms with van der Waals surface area (Å²) < 4.78 is 28.3. The van der Waals surface area contributed by atoms with Gasteiger partial charge in [-0.15, -0.1) is 0 Å². The Morgan fingerprint density at radius 1 is 1.33 bits per heavy atom. The van der Waals surface area contributed by atoms with Gasteiger partial charge in [0, 0.05) is 18.1 Å². The highest BCUT2D eigenvalue weighted by molar-refractivity contribution is 7.89. The van der Waals surface area contributed by atoms with E-state index in [9.17, 15) is 8.42 Å². The van der Waals surface area contributed by atoms with Crippen LogP contribution in [0.3, 0.4) is 0 Å². The molecular formula is C14H26N4O2S. The zero-order valence-corrected chi connectivity index (χ0v) is 14.1. The molecule has 0 radical (unpaired) electrons. The van der Waals surface area contributed by atoms with Crippen molar-refractivity contribution >= 4 is 10.0 Å². The van der Waals surface area contributed by atoms with Crippen molar-refractivity contribution in [1.29, 1.82) is 0 Å². The van der Waals surface area contributed by atoms with Crippen molar-refractivity contribution in [3.05, 3.63) is 11.4 Å². The van der Waals surface area contributed by atoms with Crippen LogP contribution in [-0.2, 0) is 16.6 Å². The van der Waals surface area contributed by atoms with Gasteiger partial charge in [0.25, 0.3) is 0 Å². The summed E-state index contributed by atoms with van der Waals surface area (Å²) in [6, 6.07) is 0.516. The van der Waals surface area contributed by atoms with Crippen molar-refractivity contribution in [2.24, 2.45) is 0 Å². The molecule has 0 aromatic carbocycles. The molecule has 1 heterocycles. The molecule has 21 heavy (non-hydrogen) atoms. The lowest BCUT2D eigenvalue weighted by Gasteiger charge is -2.27. The number of hydrogen-bond donors (Lipinski definition) is 3. The summed E-state index contributed by atoms with van der Waals surface area (Å²) >= 11 is 0. The first-order valence-corrected chi connectivity index (χ1v) is 9.11. The highest BCUT2D eigenvalue weighted by Gasteiger charge is 2.32. The molecule has 120 valence electrons. The smallest absolute Gasteiger partial charge is 0.244 e. The van der Waals surface area contributed by atoms with E-state index in [1.807, 2.05) is 20.8 Å². The normalized spacial score (nSPS) is 16.4. The van der Waals surface area contributed by atoms with Gasteiger partial charge in [0.1, 0.15) is 4.90 Å². The highest BCUT2D eigenvalue weighted by atomic mass is 32.2. The zero-order chi connectivity index (χ0) is 15.7. The van der Waals surface area contributed by atoms with Crippen LogP contribution in [0.5, 0.6) is 0 Å². The maximum absolute atomic E-state index is 12.7. The third-order valence-corrected chi connectivity index (χ3v) is 6.15. The fraction of sp³-hybridized carbons (Fsp3) is 0.786. The second-order valence-corrected chi connectivity index (χ2v) is 7.77. The molecule has 0 spiro atoms. The molecule has 0 saturated heterocycles. The third-order valence-electron chi connectivity index (χ3n) is 4.31. The number of aromatic amines is 1. The minimum Gasteiger partial charge on any atom is -0.308 e. The molecule has 0 atom stereocenters. The number of aromatic nitrogens is 2. The van der Waals surface area contributed by atoms with Gasteiger partial charge in [-0.05, 0) is 39.5 Å². The van der Waals surface area contributed by atoms with Crippen LogP contribution in [-0.4, -0.2) is 30.2 Å². The predicted octanol–water partition coefficient (Wildman–Crippen LogP) is 1.83. The van der Waals surface area contributed by atoms with E-state index in [4.69, 9.17) is 0 Å². The van der Waals surface area contributed by atoms with E-state index in [-0.39, 0.29) is 0 Å². The minimum atomic E-state index is -3.57. The standard InChI is InChI=1S/C14H26N4O2S/c1-5-14(4,6-2)18-21(19,20)13-10(3)16-17-12(13)9-15-11-7-8-11/h11,15,18H,5-9H2,1-4H3,(H,16,17). The molecule has 1 aliphatic carbocycles. The number of aryl methyl sites for hydroxylation is 1. The van der Waals surface area contributed by atoms with Crippen LogP contribution in [0.2, 0.25) is 0 Å². The molecule has 1 aliphatic rings. The summed E-state index contributed by atoms with van der Waals surface area (Å²) in [6.07, 6.45) is 3.81. The fourth-order valence-electron chi connectivity index (χ4n) is 2.24. The molecule has 0 amide bonds. The lowest BCUT2D eigenvalue weighted by Crippen LogP contribution is -2.45. The van der Waals surface area contributed by atoms with Gasteiger partial charge >= 0.3 is 0 Å². The molecule has 2 rings (SSSR count). The Balaban J connectivity index is 2.23. The first-order chi connectivity index (χ1) is 9.81. The number of hydrogen-bond acceptors (Lipinski definition) is 4. The maximum atomic E-state index is 12.7. The fourth-order valence-corrected chi connectivity index (χ4v) is 4.16. The van der Waals surface area contributed by atoms with Gasteiger partial charge in [-0.25, -0.2) is 13.1 Å². The Kier molecular flexibility index (Phi) is 4.75. The van der Waals surface area contributed by atoms with Crippen molar-refractivity contribution in [3.8, 4) is 0 Å². The Morgan fingerprint density at radius 3 is 2.48 bits per heavy atom. The second-order valence-electron chi connectivity index (χ2n) is 6.15. The Labute approximate surface area is 127 Å². The molecule has 1 aromatic rings. The molecule has 1 aromatic heterocycles. The molecule has 0 bridgehead atoms. The summed E-state index contributed by atoms with van der Waals surface area (Å²) in [4.78, 5) is 0.295. The molecular weight excluding hydrogens is 288 g/mol. The lowest BCUT2D eigenvalue weighted by atomic mass is 9.98. The van der Waals surface area contributed by atoms with E-state index in [1.54, 1.807) is 6.92 Å². The Bertz CT molecular complexity index is 586. The van der Waals surface area contributed by atoms with Crippen LogP contribution in [0, 0.1) is 6.92 Å². The number of nitrogens with zero attached hydrogens (tertiary/aromatic N) is 1. The predicted molar refractivity (Wildman–Crippen MR) is 82.5 cm³/mol. The molecule has 6 nitrogen and oxygen atoms in total. The van der Waals surface area contributed by atoms with E-state index in [1.165, 1.54) is 0 Å². The molecule has 1 saturated carbocycles. The van der Waals surface area contributed by atoms with Crippen molar-refractivity contribution in [2.45, 2.75) is 76.4 Å². The lowest BCUT2D eigenvalue weighted by molar-refractivity contribution is 0.388. The molecule has 1 fully saturated rings. The van der Waals surface area contributed by atoms with E-state index in [0.717, 1.165) is 25.7 Å².